The molecule has 0 saturated carbocycles. The van der Waals surface area contributed by atoms with Crippen LogP contribution < -0.4 is 20.9 Å². The summed E-state index contributed by atoms with van der Waals surface area (Å²) in [7, 11) is 0. The number of carbonyl (C=O) groups excluding carboxylic acids is 1. The van der Waals surface area contributed by atoms with Gasteiger partial charge < -0.3 is 15.4 Å². The average molecular weight is 571 g/mol. The summed E-state index contributed by atoms with van der Waals surface area (Å²) in [6, 6.07) is 11.5. The maximum absolute atomic E-state index is 13.9. The summed E-state index contributed by atoms with van der Waals surface area (Å²) >= 11 is 0. The van der Waals surface area contributed by atoms with E-state index < -0.39 is 24.9 Å². The van der Waals surface area contributed by atoms with E-state index in [1.54, 1.807) is 22.9 Å². The molecule has 0 unspecified atom stereocenters. The van der Waals surface area contributed by atoms with Gasteiger partial charge in [-0.05, 0) is 48.0 Å². The van der Waals surface area contributed by atoms with Crippen LogP contribution in [0.1, 0.15) is 10.5 Å². The van der Waals surface area contributed by atoms with Crippen LogP contribution in [0.4, 0.5) is 27.8 Å². The lowest BCUT2D eigenvalue weighted by molar-refractivity contribution is -0.115. The highest BCUT2D eigenvalue weighted by atomic mass is 19.4. The summed E-state index contributed by atoms with van der Waals surface area (Å²) < 4.78 is 70.8. The number of aromatic nitrogens is 5. The standard InChI is InChI=1S/C26H18F5N7O3/c27-25(28)41-15-4-2-14(3-5-15)38-22-19(33-11-20(35-22)34-12-26(29,30)31)10-16(24(38)40)13-1-6-18-17(9-13)21-23(39)32-7-8-37(21)36-18/h1-6,9-11,25H,7-8,12H2,(H,32,39)(H,34,35). The van der Waals surface area contributed by atoms with Crippen molar-refractivity contribution in [2.45, 2.75) is 19.3 Å². The highest BCUT2D eigenvalue weighted by molar-refractivity contribution is 6.06. The molecule has 2 aromatic carbocycles. The van der Waals surface area contributed by atoms with Crippen LogP contribution in [0.5, 0.6) is 5.75 Å². The summed E-state index contributed by atoms with van der Waals surface area (Å²) in [5.74, 6) is -0.694. The molecule has 210 valence electrons. The molecule has 2 N–H and O–H groups in total. The van der Waals surface area contributed by atoms with E-state index in [1.165, 1.54) is 30.3 Å². The molecule has 4 heterocycles. The van der Waals surface area contributed by atoms with Crippen LogP contribution in [-0.2, 0) is 6.54 Å². The van der Waals surface area contributed by atoms with E-state index in [-0.39, 0.29) is 39.9 Å². The van der Waals surface area contributed by atoms with E-state index in [9.17, 15) is 31.5 Å². The van der Waals surface area contributed by atoms with Crippen molar-refractivity contribution < 1.29 is 31.5 Å². The van der Waals surface area contributed by atoms with Gasteiger partial charge in [-0.2, -0.15) is 27.1 Å². The number of amides is 1. The number of alkyl halides is 5. The van der Waals surface area contributed by atoms with E-state index in [0.717, 1.165) is 10.8 Å². The Hall–Kier alpha value is -5.08. The molecule has 10 nitrogen and oxygen atoms in total. The molecule has 0 bridgehead atoms. The predicted molar refractivity (Wildman–Crippen MR) is 137 cm³/mol. The Bertz CT molecular complexity index is 1870. The van der Waals surface area contributed by atoms with Crippen LogP contribution in [-0.4, -0.2) is 56.1 Å². The maximum atomic E-state index is 13.9. The second kappa shape index (κ2) is 9.83. The van der Waals surface area contributed by atoms with Gasteiger partial charge in [-0.3, -0.25) is 18.8 Å². The largest absolute Gasteiger partial charge is 0.435 e. The summed E-state index contributed by atoms with van der Waals surface area (Å²) in [5.41, 5.74) is 1.12. The number of hydrogen-bond acceptors (Lipinski definition) is 7. The van der Waals surface area contributed by atoms with Crippen LogP contribution in [0.25, 0.3) is 38.9 Å². The van der Waals surface area contributed by atoms with Crippen molar-refractivity contribution in [2.24, 2.45) is 0 Å². The van der Waals surface area contributed by atoms with Gasteiger partial charge in [0, 0.05) is 17.5 Å². The lowest BCUT2D eigenvalue weighted by Crippen LogP contribution is -2.35. The van der Waals surface area contributed by atoms with Gasteiger partial charge >= 0.3 is 12.8 Å². The Balaban J connectivity index is 1.53. The number of halogens is 5. The zero-order valence-corrected chi connectivity index (χ0v) is 20.7. The number of hydrogen-bond donors (Lipinski definition) is 2. The third-order valence-corrected chi connectivity index (χ3v) is 6.37. The molecule has 0 radical (unpaired) electrons. The number of rotatable bonds is 6. The number of nitrogens with one attached hydrogen (secondary N) is 2. The molecule has 6 rings (SSSR count). The Morgan fingerprint density at radius 2 is 1.83 bits per heavy atom. The number of benzene rings is 2. The normalized spacial score (nSPS) is 13.5. The molecule has 1 amide bonds. The first kappa shape index (κ1) is 26.2. The fourth-order valence-corrected chi connectivity index (χ4v) is 4.63. The van der Waals surface area contributed by atoms with Gasteiger partial charge in [0.1, 0.15) is 29.3 Å². The molecule has 15 heteroatoms. The topological polar surface area (TPSA) is 116 Å². The predicted octanol–water partition coefficient (Wildman–Crippen LogP) is 4.12. The summed E-state index contributed by atoms with van der Waals surface area (Å²) in [6.45, 7) is -3.52. The van der Waals surface area contributed by atoms with E-state index in [4.69, 9.17) is 0 Å². The quantitative estimate of drug-likeness (QED) is 0.295. The minimum absolute atomic E-state index is 0.0724. The fraction of sp³-hybridized carbons (Fsp3) is 0.192. The second-order valence-corrected chi connectivity index (χ2v) is 9.06. The maximum Gasteiger partial charge on any atom is 0.405 e. The second-order valence-electron chi connectivity index (χ2n) is 9.06. The Kier molecular flexibility index (Phi) is 6.27. The number of carbonyl (C=O) groups is 1. The highest BCUT2D eigenvalue weighted by Crippen LogP contribution is 2.29. The lowest BCUT2D eigenvalue weighted by Gasteiger charge is -2.15. The van der Waals surface area contributed by atoms with Crippen LogP contribution in [0.15, 0.2) is 59.5 Å². The molecule has 3 aromatic heterocycles. The van der Waals surface area contributed by atoms with E-state index in [2.05, 4.69) is 30.4 Å². The molecular formula is C26H18F5N7O3. The van der Waals surface area contributed by atoms with Crippen molar-refractivity contribution in [3.8, 4) is 22.6 Å². The smallest absolute Gasteiger partial charge is 0.405 e. The van der Waals surface area contributed by atoms with Gasteiger partial charge in [-0.1, -0.05) is 6.07 Å². The molecule has 1 aliphatic rings. The first-order valence-electron chi connectivity index (χ1n) is 12.2. The molecule has 5 aromatic rings. The first-order valence-corrected chi connectivity index (χ1v) is 12.2. The lowest BCUT2D eigenvalue weighted by atomic mass is 10.0. The van der Waals surface area contributed by atoms with Crippen molar-refractivity contribution in [1.29, 1.82) is 0 Å². The zero-order valence-electron chi connectivity index (χ0n) is 20.7. The third kappa shape index (κ3) is 5.01. The van der Waals surface area contributed by atoms with Gasteiger partial charge in [-0.25, -0.2) is 9.97 Å². The van der Waals surface area contributed by atoms with Crippen LogP contribution in [0, 0.1) is 0 Å². The molecule has 1 aliphatic heterocycles. The molecule has 0 spiro atoms. The van der Waals surface area contributed by atoms with Gasteiger partial charge in [-0.15, -0.1) is 0 Å². The third-order valence-electron chi connectivity index (χ3n) is 6.37. The number of nitrogens with zero attached hydrogens (tertiary/aromatic N) is 5. The minimum atomic E-state index is -4.52. The Morgan fingerprint density at radius 1 is 1.05 bits per heavy atom. The fourth-order valence-electron chi connectivity index (χ4n) is 4.63. The number of anilines is 1. The average Bonchev–Trinajstić information content (AvgIpc) is 3.30. The molecule has 41 heavy (non-hydrogen) atoms. The zero-order chi connectivity index (χ0) is 28.9. The number of ether oxygens (including phenoxy) is 1. The number of pyridine rings is 1. The van der Waals surface area contributed by atoms with Gasteiger partial charge in [0.15, 0.2) is 5.65 Å². The van der Waals surface area contributed by atoms with Gasteiger partial charge in [0.2, 0.25) is 0 Å². The molecular weight excluding hydrogens is 553 g/mol. The SMILES string of the molecule is O=C1NCCn2nc3ccc(-c4cc5ncc(NCC(F)(F)F)nc5n(-c5ccc(OC(F)F)cc5)c4=O)cc3c21. The summed E-state index contributed by atoms with van der Waals surface area (Å²) in [6.07, 6.45) is -3.42. The molecule has 0 fully saturated rings. The van der Waals surface area contributed by atoms with E-state index in [0.29, 0.717) is 35.2 Å². The molecule has 0 atom stereocenters. The van der Waals surface area contributed by atoms with Gasteiger partial charge in [0.25, 0.3) is 11.5 Å². The van der Waals surface area contributed by atoms with Crippen molar-refractivity contribution in [3.63, 3.8) is 0 Å². The van der Waals surface area contributed by atoms with E-state index in [1.807, 2.05) is 0 Å². The van der Waals surface area contributed by atoms with Crippen molar-refractivity contribution in [2.75, 3.05) is 18.4 Å². The molecule has 0 saturated heterocycles. The Labute approximate surface area is 226 Å². The van der Waals surface area contributed by atoms with Crippen LogP contribution >= 0.6 is 0 Å². The van der Waals surface area contributed by atoms with E-state index >= 15 is 0 Å². The minimum Gasteiger partial charge on any atom is -0.435 e. The highest BCUT2D eigenvalue weighted by Gasteiger charge is 2.27. The van der Waals surface area contributed by atoms with Crippen LogP contribution in [0.2, 0.25) is 0 Å². The monoisotopic (exact) mass is 571 g/mol. The van der Waals surface area contributed by atoms with Crippen LogP contribution in [0.3, 0.4) is 0 Å². The Morgan fingerprint density at radius 3 is 2.56 bits per heavy atom. The van der Waals surface area contributed by atoms with Crippen molar-refractivity contribution in [1.82, 2.24) is 29.6 Å². The van der Waals surface area contributed by atoms with Gasteiger partial charge in [0.05, 0.1) is 23.9 Å². The molecule has 0 aliphatic carbocycles. The van der Waals surface area contributed by atoms with Crippen molar-refractivity contribution in [3.05, 3.63) is 70.8 Å². The summed E-state index contributed by atoms with van der Waals surface area (Å²) in [5, 5.41) is 9.88. The van der Waals surface area contributed by atoms with Crippen molar-refractivity contribution >= 4 is 33.8 Å². The first-order chi connectivity index (χ1) is 19.6. The number of fused-ring (bicyclic) bond motifs is 4. The summed E-state index contributed by atoms with van der Waals surface area (Å²) in [4.78, 5) is 34.9.